The van der Waals surface area contributed by atoms with Crippen molar-refractivity contribution < 1.29 is 17.1 Å². The van der Waals surface area contributed by atoms with Gasteiger partial charge in [0.25, 0.3) is 0 Å². The van der Waals surface area contributed by atoms with Gasteiger partial charge in [-0.25, -0.2) is 0 Å². The maximum absolute atomic E-state index is 2.32. The summed E-state index contributed by atoms with van der Waals surface area (Å²) < 4.78 is 0. The van der Waals surface area contributed by atoms with Crippen molar-refractivity contribution in [3.63, 3.8) is 0 Å². The molecule has 0 amide bonds. The number of benzene rings is 6. The first-order valence-electron chi connectivity index (χ1n) is 19.3. The molecule has 2 atom stereocenters. The van der Waals surface area contributed by atoms with E-state index in [2.05, 4.69) is 259 Å². The van der Waals surface area contributed by atoms with Crippen LogP contribution >= 0.6 is 15.8 Å². The molecule has 0 N–H and O–H groups in total. The van der Waals surface area contributed by atoms with Crippen molar-refractivity contribution in [3.8, 4) is 0 Å². The van der Waals surface area contributed by atoms with Crippen molar-refractivity contribution in [2.45, 2.75) is 12.1 Å². The van der Waals surface area contributed by atoms with Crippen LogP contribution in [0.3, 0.4) is 0 Å². The monoisotopic (exact) mass is 820 g/mol. The van der Waals surface area contributed by atoms with Gasteiger partial charge in [-0.15, -0.1) is 0 Å². The van der Waals surface area contributed by atoms with Gasteiger partial charge >= 0.3 is 0 Å². The minimum atomic E-state index is -0.604. The fourth-order valence-electron chi connectivity index (χ4n) is 7.66. The molecule has 5 heteroatoms. The summed E-state index contributed by atoms with van der Waals surface area (Å²) in [6.45, 7) is 0. The largest absolute Gasteiger partial charge is 0.302 e. The maximum atomic E-state index is 2.32. The van der Waals surface area contributed by atoms with Crippen LogP contribution in [-0.2, 0) is 17.1 Å². The molecule has 0 aromatic heterocycles. The van der Waals surface area contributed by atoms with Gasteiger partial charge in [-0.05, 0) is 115 Å². The summed E-state index contributed by atoms with van der Waals surface area (Å²) in [4.78, 5) is 4.63. The van der Waals surface area contributed by atoms with E-state index in [1.807, 2.05) is 0 Å². The van der Waals surface area contributed by atoms with Gasteiger partial charge in [0.15, 0.2) is 0 Å². The topological polar surface area (TPSA) is 6.48 Å². The van der Waals surface area contributed by atoms with Crippen LogP contribution in [0.5, 0.6) is 0 Å². The number of rotatable bonds is 12. The third-order valence-corrected chi connectivity index (χ3v) is 15.1. The van der Waals surface area contributed by atoms with Gasteiger partial charge in [-0.2, -0.15) is 0 Å². The summed E-state index contributed by atoms with van der Waals surface area (Å²) in [6, 6.07) is 65.8. The average Bonchev–Trinajstić information content (AvgIpc) is 3.91. The van der Waals surface area contributed by atoms with E-state index in [1.165, 1.54) is 55.5 Å². The molecule has 2 saturated carbocycles. The molecule has 0 saturated heterocycles. The van der Waals surface area contributed by atoms with Gasteiger partial charge in [0.05, 0.1) is 0 Å². The van der Waals surface area contributed by atoms with E-state index in [-0.39, 0.29) is 29.2 Å². The first-order valence-corrected chi connectivity index (χ1v) is 21.9. The van der Waals surface area contributed by atoms with E-state index >= 15 is 0 Å². The Labute approximate surface area is 357 Å². The molecular formula is C52H50FeN2P2. The molecule has 2 aliphatic rings. The summed E-state index contributed by atoms with van der Waals surface area (Å²) in [5.74, 6) is 2.80. The normalized spacial score (nSPS) is 16.4. The minimum absolute atomic E-state index is 0. The predicted octanol–water partition coefficient (Wildman–Crippen LogP) is 10.3. The van der Waals surface area contributed by atoms with Crippen LogP contribution in [0.4, 0.5) is 0 Å². The fourth-order valence-corrected chi connectivity index (χ4v) is 12.6. The Kier molecular flexibility index (Phi) is 16.4. The molecule has 57 heavy (non-hydrogen) atoms. The molecule has 2 nitrogen and oxygen atoms in total. The molecule has 0 aliphatic heterocycles. The molecule has 8 rings (SSSR count). The summed E-state index contributed by atoms with van der Waals surface area (Å²) >= 11 is 0. The Morgan fingerprint density at radius 3 is 0.825 bits per heavy atom. The molecule has 10 radical (unpaired) electrons. The summed E-state index contributed by atoms with van der Waals surface area (Å²) in [5, 5.41) is 5.56. The Hall–Kier alpha value is -3.38. The average molecular weight is 821 g/mol. The quantitative estimate of drug-likeness (QED) is 0.0897. The predicted molar refractivity (Wildman–Crippen MR) is 243 cm³/mol. The zero-order valence-electron chi connectivity index (χ0n) is 33.1. The summed E-state index contributed by atoms with van der Waals surface area (Å²) in [6.07, 6.45) is 13.7. The Morgan fingerprint density at radius 1 is 0.333 bits per heavy atom. The maximum Gasteiger partial charge on any atom is 0.0417 e. The standard InChI is InChI=1S/2C26H25NP.Fe/c2*1-27(2)26(21-13-6-3-7-14-21)24-19-12-20-25(24)28(22-15-8-4-9-16-22)23-17-10-5-11-18-23;/h2*3-20,26H,1-2H3;. The zero-order chi connectivity index (χ0) is 38.7. The molecule has 0 bridgehead atoms. The van der Waals surface area contributed by atoms with E-state index in [1.54, 1.807) is 0 Å². The van der Waals surface area contributed by atoms with E-state index in [4.69, 9.17) is 0 Å². The first kappa shape index (κ1) is 43.2. The Balaban J connectivity index is 0.000000189. The Bertz CT molecular complexity index is 1770. The second-order valence-electron chi connectivity index (χ2n) is 14.3. The molecule has 6 aromatic carbocycles. The van der Waals surface area contributed by atoms with Crippen LogP contribution in [0.25, 0.3) is 0 Å². The van der Waals surface area contributed by atoms with Crippen LogP contribution in [0.15, 0.2) is 182 Å². The van der Waals surface area contributed by atoms with Crippen LogP contribution in [0, 0.1) is 61.7 Å². The van der Waals surface area contributed by atoms with E-state index in [0.717, 1.165) is 0 Å². The van der Waals surface area contributed by atoms with Crippen molar-refractivity contribution in [2.75, 3.05) is 28.2 Å². The van der Waals surface area contributed by atoms with Crippen LogP contribution in [0.1, 0.15) is 23.2 Å². The molecule has 6 aromatic rings. The van der Waals surface area contributed by atoms with Gasteiger partial charge in [0.1, 0.15) is 0 Å². The SMILES string of the molecule is CN(C)C([C]1[CH][CH][CH][C]1P(c1ccccc1)c1ccccc1)c1ccccc1.CN(C)C([C]1[CH][CH][CH][C]1P(c1ccccc1)c1ccccc1)c1ccccc1.[Fe]. The van der Waals surface area contributed by atoms with Crippen molar-refractivity contribution in [1.82, 2.24) is 9.80 Å². The second kappa shape index (κ2) is 21.6. The number of hydrogen-bond acceptors (Lipinski definition) is 2. The molecule has 0 heterocycles. The first-order chi connectivity index (χ1) is 27.5. The third-order valence-electron chi connectivity index (χ3n) is 10.0. The minimum Gasteiger partial charge on any atom is -0.302 e. The van der Waals surface area contributed by atoms with Crippen molar-refractivity contribution in [1.29, 1.82) is 0 Å². The number of nitrogens with zero attached hydrogens (tertiary/aromatic N) is 2. The van der Waals surface area contributed by atoms with Gasteiger partial charge in [-0.1, -0.05) is 182 Å². The molecular weight excluding hydrogens is 770 g/mol. The molecule has 2 unspecified atom stereocenters. The van der Waals surface area contributed by atoms with Gasteiger partial charge in [0.2, 0.25) is 0 Å². The van der Waals surface area contributed by atoms with E-state index in [9.17, 15) is 0 Å². The summed E-state index contributed by atoms with van der Waals surface area (Å²) in [5.41, 5.74) is 5.54. The van der Waals surface area contributed by atoms with Crippen LogP contribution in [-0.4, -0.2) is 38.0 Å². The van der Waals surface area contributed by atoms with Gasteiger partial charge in [-0.3, -0.25) is 0 Å². The molecule has 2 aliphatic carbocycles. The molecule has 286 valence electrons. The summed E-state index contributed by atoms with van der Waals surface area (Å²) in [7, 11) is 7.47. The Morgan fingerprint density at radius 2 is 0.579 bits per heavy atom. The molecule has 0 spiro atoms. The number of hydrogen-bond donors (Lipinski definition) is 0. The van der Waals surface area contributed by atoms with Crippen molar-refractivity contribution in [3.05, 3.63) is 255 Å². The van der Waals surface area contributed by atoms with Gasteiger partial charge < -0.3 is 9.80 Å². The van der Waals surface area contributed by atoms with Crippen LogP contribution < -0.4 is 21.2 Å². The van der Waals surface area contributed by atoms with E-state index in [0.29, 0.717) is 0 Å². The third kappa shape index (κ3) is 10.6. The second-order valence-corrected chi connectivity index (χ2v) is 18.7. The van der Waals surface area contributed by atoms with E-state index < -0.39 is 15.8 Å². The van der Waals surface area contributed by atoms with Gasteiger partial charge in [0, 0.05) is 52.3 Å². The fraction of sp³-hybridized carbons (Fsp3) is 0.115. The zero-order valence-corrected chi connectivity index (χ0v) is 36.0. The van der Waals surface area contributed by atoms with Crippen LogP contribution in [0.2, 0.25) is 0 Å². The smallest absolute Gasteiger partial charge is 0.0417 e. The van der Waals surface area contributed by atoms with Crippen molar-refractivity contribution >= 4 is 37.1 Å². The van der Waals surface area contributed by atoms with Crippen molar-refractivity contribution in [2.24, 2.45) is 0 Å². The molecule has 2 fully saturated rings.